The highest BCUT2D eigenvalue weighted by molar-refractivity contribution is 5.27. The van der Waals surface area contributed by atoms with Crippen LogP contribution in [-0.2, 0) is 6.42 Å². The van der Waals surface area contributed by atoms with Crippen molar-refractivity contribution in [1.82, 2.24) is 4.90 Å². The lowest BCUT2D eigenvalue weighted by atomic mass is 9.82. The van der Waals surface area contributed by atoms with E-state index in [0.29, 0.717) is 19.1 Å². The Labute approximate surface area is 121 Å². The molecule has 0 heterocycles. The fourth-order valence-corrected chi connectivity index (χ4v) is 2.62. The Kier molecular flexibility index (Phi) is 5.83. The number of aliphatic hydroxyl groups excluding tert-OH is 1. The lowest BCUT2D eigenvalue weighted by Gasteiger charge is -2.34. The average Bonchev–Trinajstić information content (AvgIpc) is 2.39. The van der Waals surface area contributed by atoms with E-state index in [1.807, 2.05) is 12.1 Å². The van der Waals surface area contributed by atoms with E-state index in [0.717, 1.165) is 38.1 Å². The summed E-state index contributed by atoms with van der Waals surface area (Å²) in [7, 11) is 2.11. The molecular formula is C16H26N2O2. The monoisotopic (exact) mass is 278 g/mol. The van der Waals surface area contributed by atoms with Crippen LogP contribution in [0.5, 0.6) is 5.75 Å². The van der Waals surface area contributed by atoms with Crippen LogP contribution in [0.1, 0.15) is 18.4 Å². The summed E-state index contributed by atoms with van der Waals surface area (Å²) in [6.07, 6.45) is 2.76. The molecule has 0 bridgehead atoms. The van der Waals surface area contributed by atoms with E-state index in [-0.39, 0.29) is 6.10 Å². The first-order valence-corrected chi connectivity index (χ1v) is 7.46. The zero-order valence-electron chi connectivity index (χ0n) is 12.3. The minimum Gasteiger partial charge on any atom is -0.492 e. The molecule has 0 spiro atoms. The molecule has 1 aliphatic rings. The number of aliphatic hydroxyl groups is 1. The molecule has 1 saturated carbocycles. The predicted molar refractivity (Wildman–Crippen MR) is 80.9 cm³/mol. The number of rotatable bonds is 8. The van der Waals surface area contributed by atoms with E-state index in [1.54, 1.807) is 0 Å². The van der Waals surface area contributed by atoms with Crippen LogP contribution in [0.4, 0.5) is 0 Å². The molecule has 0 saturated heterocycles. The van der Waals surface area contributed by atoms with Crippen molar-refractivity contribution in [3.63, 3.8) is 0 Å². The maximum absolute atomic E-state index is 9.27. The third-order valence-electron chi connectivity index (χ3n) is 3.88. The summed E-state index contributed by atoms with van der Waals surface area (Å²) in [5, 5.41) is 9.27. The summed E-state index contributed by atoms with van der Waals surface area (Å²) in [4.78, 5) is 2.28. The lowest BCUT2D eigenvalue weighted by molar-refractivity contribution is 0.0269. The maximum atomic E-state index is 9.27. The smallest absolute Gasteiger partial charge is 0.119 e. The Bertz CT molecular complexity index is 388. The van der Waals surface area contributed by atoms with Crippen LogP contribution in [0.3, 0.4) is 0 Å². The Morgan fingerprint density at radius 2 is 2.00 bits per heavy atom. The topological polar surface area (TPSA) is 58.7 Å². The van der Waals surface area contributed by atoms with E-state index >= 15 is 0 Å². The second kappa shape index (κ2) is 7.62. The Hall–Kier alpha value is -1.10. The highest BCUT2D eigenvalue weighted by Gasteiger charge is 2.27. The summed E-state index contributed by atoms with van der Waals surface area (Å²) in [6, 6.07) is 8.16. The van der Waals surface area contributed by atoms with E-state index in [1.165, 1.54) is 5.56 Å². The van der Waals surface area contributed by atoms with E-state index in [9.17, 15) is 5.11 Å². The molecule has 1 aliphatic carbocycles. The molecule has 1 fully saturated rings. The van der Waals surface area contributed by atoms with Gasteiger partial charge in [-0.2, -0.15) is 0 Å². The molecule has 3 N–H and O–H groups in total. The number of nitrogens with two attached hydrogens (primary N) is 1. The summed E-state index contributed by atoms with van der Waals surface area (Å²) < 4.78 is 5.74. The van der Waals surface area contributed by atoms with Crippen LogP contribution >= 0.6 is 0 Å². The van der Waals surface area contributed by atoms with Crippen molar-refractivity contribution in [1.29, 1.82) is 0 Å². The molecule has 1 aromatic rings. The van der Waals surface area contributed by atoms with Crippen molar-refractivity contribution in [3.05, 3.63) is 29.8 Å². The van der Waals surface area contributed by atoms with Crippen molar-refractivity contribution in [2.24, 2.45) is 11.7 Å². The van der Waals surface area contributed by atoms with Crippen LogP contribution in [0.2, 0.25) is 0 Å². The fourth-order valence-electron chi connectivity index (χ4n) is 2.62. The summed E-state index contributed by atoms with van der Waals surface area (Å²) >= 11 is 0. The van der Waals surface area contributed by atoms with Crippen LogP contribution in [0, 0.1) is 5.92 Å². The number of likely N-dealkylation sites (N-methyl/N-ethyl adjacent to an activating group) is 1. The zero-order chi connectivity index (χ0) is 14.4. The highest BCUT2D eigenvalue weighted by Crippen LogP contribution is 2.27. The van der Waals surface area contributed by atoms with Gasteiger partial charge in [0.25, 0.3) is 0 Å². The van der Waals surface area contributed by atoms with Gasteiger partial charge in [-0.25, -0.2) is 0 Å². The fraction of sp³-hybridized carbons (Fsp3) is 0.625. The Morgan fingerprint density at radius 3 is 2.60 bits per heavy atom. The molecule has 4 heteroatoms. The summed E-state index contributed by atoms with van der Waals surface area (Å²) in [6.45, 7) is 3.34. The quantitative estimate of drug-likeness (QED) is 0.752. The molecule has 2 rings (SSSR count). The molecule has 20 heavy (non-hydrogen) atoms. The van der Waals surface area contributed by atoms with Crippen molar-refractivity contribution in [3.8, 4) is 5.75 Å². The molecule has 112 valence electrons. The second-order valence-corrected chi connectivity index (χ2v) is 5.78. The van der Waals surface area contributed by atoms with Gasteiger partial charge in [0.1, 0.15) is 12.4 Å². The van der Waals surface area contributed by atoms with Gasteiger partial charge >= 0.3 is 0 Å². The number of ether oxygens (including phenoxy) is 1. The first-order chi connectivity index (χ1) is 9.67. The highest BCUT2D eigenvalue weighted by atomic mass is 16.5. The number of hydrogen-bond acceptors (Lipinski definition) is 4. The van der Waals surface area contributed by atoms with Crippen LogP contribution < -0.4 is 10.5 Å². The minimum absolute atomic E-state index is 0.0586. The largest absolute Gasteiger partial charge is 0.492 e. The van der Waals surface area contributed by atoms with Gasteiger partial charge in [0.05, 0.1) is 6.10 Å². The predicted octanol–water partition coefficient (Wildman–Crippen LogP) is 1.27. The van der Waals surface area contributed by atoms with Gasteiger partial charge in [0.2, 0.25) is 0 Å². The summed E-state index contributed by atoms with van der Waals surface area (Å²) in [5.41, 5.74) is 6.77. The molecule has 0 amide bonds. The van der Waals surface area contributed by atoms with E-state index in [4.69, 9.17) is 10.5 Å². The van der Waals surface area contributed by atoms with Crippen LogP contribution in [0.15, 0.2) is 24.3 Å². The molecule has 1 aromatic carbocycles. The molecule has 0 unspecified atom stereocenters. The van der Waals surface area contributed by atoms with Gasteiger partial charge in [0, 0.05) is 13.1 Å². The summed E-state index contributed by atoms with van der Waals surface area (Å²) in [5.74, 6) is 1.57. The van der Waals surface area contributed by atoms with Crippen LogP contribution in [-0.4, -0.2) is 49.4 Å². The van der Waals surface area contributed by atoms with Crippen LogP contribution in [0.25, 0.3) is 0 Å². The van der Waals surface area contributed by atoms with Crippen molar-refractivity contribution < 1.29 is 9.84 Å². The third-order valence-corrected chi connectivity index (χ3v) is 3.88. The van der Waals surface area contributed by atoms with Gasteiger partial charge in [0.15, 0.2) is 0 Å². The molecule has 0 aliphatic heterocycles. The standard InChI is InChI=1S/C16H26N2O2/c1-18(12-14-10-15(19)11-14)8-9-20-16-4-2-13(3-5-16)6-7-17/h2-5,14-15,19H,6-12,17H2,1H3. The first kappa shape index (κ1) is 15.3. The Morgan fingerprint density at radius 1 is 1.30 bits per heavy atom. The van der Waals surface area contributed by atoms with Gasteiger partial charge in [-0.15, -0.1) is 0 Å². The molecule has 4 nitrogen and oxygen atoms in total. The van der Waals surface area contributed by atoms with Crippen molar-refractivity contribution in [2.75, 3.05) is 33.3 Å². The maximum Gasteiger partial charge on any atom is 0.119 e. The number of hydrogen-bond donors (Lipinski definition) is 2. The van der Waals surface area contributed by atoms with E-state index in [2.05, 4.69) is 24.1 Å². The van der Waals surface area contributed by atoms with Gasteiger partial charge < -0.3 is 20.5 Å². The van der Waals surface area contributed by atoms with Crippen molar-refractivity contribution in [2.45, 2.75) is 25.4 Å². The second-order valence-electron chi connectivity index (χ2n) is 5.78. The number of benzene rings is 1. The molecule has 0 radical (unpaired) electrons. The van der Waals surface area contributed by atoms with Gasteiger partial charge in [-0.05, 0) is 56.5 Å². The Balaban J connectivity index is 1.62. The molecule has 0 aromatic heterocycles. The SMILES string of the molecule is CN(CCOc1ccc(CCN)cc1)CC1CC(O)C1. The zero-order valence-corrected chi connectivity index (χ0v) is 12.3. The average molecular weight is 278 g/mol. The van der Waals surface area contributed by atoms with E-state index < -0.39 is 0 Å². The molecular weight excluding hydrogens is 252 g/mol. The normalized spacial score (nSPS) is 21.8. The first-order valence-electron chi connectivity index (χ1n) is 7.46. The van der Waals surface area contributed by atoms with Gasteiger partial charge in [-0.3, -0.25) is 0 Å². The van der Waals surface area contributed by atoms with Gasteiger partial charge in [-0.1, -0.05) is 12.1 Å². The third kappa shape index (κ3) is 4.78. The number of nitrogens with zero attached hydrogens (tertiary/aromatic N) is 1. The molecule has 0 atom stereocenters. The minimum atomic E-state index is -0.0586. The lowest BCUT2D eigenvalue weighted by Crippen LogP contribution is -2.38. The van der Waals surface area contributed by atoms with Crippen molar-refractivity contribution >= 4 is 0 Å².